The van der Waals surface area contributed by atoms with Gasteiger partial charge in [0.1, 0.15) is 6.04 Å². The second kappa shape index (κ2) is 10.2. The number of nitrogens with zero attached hydrogens (tertiary/aromatic N) is 1. The maximum atomic E-state index is 14.1. The highest BCUT2D eigenvalue weighted by Crippen LogP contribution is 2.68. The first-order valence-electron chi connectivity index (χ1n) is 12.8. The van der Waals surface area contributed by atoms with Crippen LogP contribution in [0.4, 0.5) is 0 Å². The molecule has 0 radical (unpaired) electrons. The van der Waals surface area contributed by atoms with Crippen LogP contribution in [-0.4, -0.2) is 73.5 Å². The van der Waals surface area contributed by atoms with Crippen LogP contribution >= 0.6 is 27.7 Å². The smallest absolute Gasteiger partial charge is 0.310 e. The lowest BCUT2D eigenvalue weighted by Crippen LogP contribution is -2.60. The Morgan fingerprint density at radius 1 is 1.29 bits per heavy atom. The molecule has 200 valence electrons. The van der Waals surface area contributed by atoms with Crippen molar-refractivity contribution in [1.82, 2.24) is 10.2 Å². The van der Waals surface area contributed by atoms with Crippen LogP contribution in [0.5, 0.6) is 0 Å². The lowest BCUT2D eigenvalue weighted by atomic mass is 9.71. The normalized spacial score (nSPS) is 33.3. The van der Waals surface area contributed by atoms with E-state index in [4.69, 9.17) is 4.74 Å². The molecule has 2 amide bonds. The lowest BCUT2D eigenvalue weighted by Gasteiger charge is -2.41. The Labute approximate surface area is 223 Å². The number of nitrogens with one attached hydrogen (secondary N) is 1. The van der Waals surface area contributed by atoms with Crippen molar-refractivity contribution in [3.63, 3.8) is 0 Å². The molecule has 1 spiro atoms. The summed E-state index contributed by atoms with van der Waals surface area (Å²) in [6, 6.07) is -1.25. The molecule has 0 aliphatic carbocycles. The van der Waals surface area contributed by atoms with Crippen molar-refractivity contribution in [2.24, 2.45) is 23.2 Å². The molecule has 2 bridgehead atoms. The van der Waals surface area contributed by atoms with Crippen molar-refractivity contribution in [3.8, 4) is 0 Å². The molecule has 0 aromatic carbocycles. The molecule has 0 aromatic rings. The largest absolute Gasteiger partial charge is 0.466 e. The summed E-state index contributed by atoms with van der Waals surface area (Å²) in [6.45, 7) is 16.3. The zero-order valence-electron chi connectivity index (χ0n) is 22.4. The van der Waals surface area contributed by atoms with E-state index in [0.29, 0.717) is 12.8 Å². The van der Waals surface area contributed by atoms with Crippen LogP contribution in [-0.2, 0) is 19.1 Å². The number of halogens is 1. The van der Waals surface area contributed by atoms with Crippen molar-refractivity contribution >= 4 is 45.5 Å². The summed E-state index contributed by atoms with van der Waals surface area (Å²) in [4.78, 5) is 42.9. The molecule has 0 aromatic heterocycles. The van der Waals surface area contributed by atoms with E-state index in [1.165, 1.54) is 0 Å². The quantitative estimate of drug-likeness (QED) is 0.321. The van der Waals surface area contributed by atoms with Crippen molar-refractivity contribution in [2.75, 3.05) is 13.2 Å². The predicted octanol–water partition coefficient (Wildman–Crippen LogP) is 3.75. The molecule has 7 nitrogen and oxygen atoms in total. The number of hydrogen-bond donors (Lipinski definition) is 2. The Kier molecular flexibility index (Phi) is 8.35. The molecule has 35 heavy (non-hydrogen) atoms. The maximum Gasteiger partial charge on any atom is 0.310 e. The second-order valence-electron chi connectivity index (χ2n) is 12.7. The fourth-order valence-electron chi connectivity index (χ4n) is 6.86. The van der Waals surface area contributed by atoms with Gasteiger partial charge in [-0.15, -0.1) is 11.8 Å². The highest BCUT2D eigenvalue weighted by molar-refractivity contribution is 9.09. The fraction of sp³-hybridized carbons (Fsp3) is 0.885. The van der Waals surface area contributed by atoms with E-state index in [1.807, 2.05) is 27.7 Å². The number of ether oxygens (including phenoxy) is 1. The summed E-state index contributed by atoms with van der Waals surface area (Å²) in [5.41, 5.74) is -0.480. The van der Waals surface area contributed by atoms with Gasteiger partial charge in [-0.05, 0) is 51.4 Å². The number of aliphatic hydroxyl groups is 1. The van der Waals surface area contributed by atoms with E-state index in [-0.39, 0.29) is 52.4 Å². The van der Waals surface area contributed by atoms with Crippen LogP contribution in [0.25, 0.3) is 0 Å². The van der Waals surface area contributed by atoms with E-state index in [0.717, 1.165) is 6.42 Å². The van der Waals surface area contributed by atoms with Crippen molar-refractivity contribution in [1.29, 1.82) is 0 Å². The molecule has 3 aliphatic heterocycles. The van der Waals surface area contributed by atoms with Gasteiger partial charge in [0, 0.05) is 15.6 Å². The Bertz CT molecular complexity index is 844. The van der Waals surface area contributed by atoms with E-state index in [2.05, 4.69) is 42.0 Å². The van der Waals surface area contributed by atoms with E-state index < -0.39 is 34.2 Å². The molecule has 9 heteroatoms. The topological polar surface area (TPSA) is 95.9 Å². The van der Waals surface area contributed by atoms with E-state index in [1.54, 1.807) is 23.6 Å². The highest BCUT2D eigenvalue weighted by atomic mass is 79.9. The predicted molar refractivity (Wildman–Crippen MR) is 142 cm³/mol. The second-order valence-corrected chi connectivity index (χ2v) is 15.5. The summed E-state index contributed by atoms with van der Waals surface area (Å²) < 4.78 is 4.67. The number of carbonyl (C=O) groups excluding carboxylic acids is 3. The number of likely N-dealkylation sites (tertiary alicyclic amines) is 1. The minimum absolute atomic E-state index is 0.00136. The minimum atomic E-state index is -0.760. The van der Waals surface area contributed by atoms with Gasteiger partial charge in [0.25, 0.3) is 0 Å². The van der Waals surface area contributed by atoms with Crippen LogP contribution in [0.1, 0.15) is 74.7 Å². The molecular weight excluding hydrogens is 532 g/mol. The monoisotopic (exact) mass is 574 g/mol. The Morgan fingerprint density at radius 3 is 2.43 bits per heavy atom. The Balaban J connectivity index is 2.06. The SMILES string of the molecule is CCOC(=O)[C@H]1[C@@H]2SC3(CC2Br)C(C(=O)NC(C)(C)CC(C)(C)C)N([C@@H](CO)CC(C)C)C(=O)[C@H]13. The zero-order valence-corrected chi connectivity index (χ0v) is 24.8. The number of fused-ring (bicyclic) bond motifs is 1. The number of hydrogen-bond acceptors (Lipinski definition) is 6. The third kappa shape index (κ3) is 5.42. The van der Waals surface area contributed by atoms with Gasteiger partial charge >= 0.3 is 5.97 Å². The summed E-state index contributed by atoms with van der Waals surface area (Å²) in [6.07, 6.45) is 1.96. The molecular formula is C26H43BrN2O5S. The molecule has 3 rings (SSSR count). The number of aliphatic hydroxyl groups excluding tert-OH is 1. The summed E-state index contributed by atoms with van der Waals surface area (Å²) in [7, 11) is 0. The van der Waals surface area contributed by atoms with Crippen molar-refractivity contribution in [2.45, 2.75) is 107 Å². The van der Waals surface area contributed by atoms with Gasteiger partial charge in [0.15, 0.2) is 0 Å². The molecule has 2 N–H and O–H groups in total. The lowest BCUT2D eigenvalue weighted by molar-refractivity contribution is -0.154. The van der Waals surface area contributed by atoms with Crippen LogP contribution in [0.3, 0.4) is 0 Å². The van der Waals surface area contributed by atoms with Gasteiger partial charge < -0.3 is 20.1 Å². The third-order valence-electron chi connectivity index (χ3n) is 7.32. The third-order valence-corrected chi connectivity index (χ3v) is 10.5. The molecule has 3 saturated heterocycles. The van der Waals surface area contributed by atoms with Gasteiger partial charge in [0.2, 0.25) is 11.8 Å². The molecule has 7 atom stereocenters. The van der Waals surface area contributed by atoms with Crippen LogP contribution in [0.15, 0.2) is 0 Å². The molecule has 0 saturated carbocycles. The van der Waals surface area contributed by atoms with Crippen LogP contribution in [0, 0.1) is 23.2 Å². The molecule has 3 fully saturated rings. The maximum absolute atomic E-state index is 14.1. The average Bonchev–Trinajstić information content (AvgIpc) is 3.27. The van der Waals surface area contributed by atoms with Crippen molar-refractivity contribution in [3.05, 3.63) is 0 Å². The molecule has 3 heterocycles. The van der Waals surface area contributed by atoms with Gasteiger partial charge in [-0.1, -0.05) is 50.5 Å². The number of thioether (sulfide) groups is 1. The van der Waals surface area contributed by atoms with Crippen LogP contribution < -0.4 is 5.32 Å². The number of carbonyl (C=O) groups is 3. The van der Waals surface area contributed by atoms with E-state index in [9.17, 15) is 19.5 Å². The number of amides is 2. The number of esters is 1. The minimum Gasteiger partial charge on any atom is -0.466 e. The summed E-state index contributed by atoms with van der Waals surface area (Å²) in [5.74, 6) is -1.78. The Morgan fingerprint density at radius 2 is 1.91 bits per heavy atom. The standard InChI is InChI=1S/C26H43BrN2O5S/c1-9-34-23(33)17-18-22(32)29(15(12-30)10-14(2)3)20(26(18)11-16(27)19(17)35-26)21(31)28-25(7,8)13-24(4,5)6/h14-20,30H,9-13H2,1-8H3,(H,28,31)/t15-,16?,17-,18+,19-,20?,26?/m1/s1. The highest BCUT2D eigenvalue weighted by Gasteiger charge is 2.76. The van der Waals surface area contributed by atoms with Gasteiger partial charge in [-0.25, -0.2) is 0 Å². The first-order chi connectivity index (χ1) is 16.1. The average molecular weight is 576 g/mol. The number of alkyl halides is 1. The molecule has 3 unspecified atom stereocenters. The number of rotatable bonds is 9. The fourth-order valence-corrected chi connectivity index (χ4v) is 10.4. The first kappa shape index (κ1) is 28.8. The Hall–Kier alpha value is -0.800. The van der Waals surface area contributed by atoms with Crippen LogP contribution in [0.2, 0.25) is 0 Å². The van der Waals surface area contributed by atoms with Gasteiger partial charge in [0.05, 0.1) is 35.8 Å². The zero-order chi connectivity index (χ0) is 26.5. The summed E-state index contributed by atoms with van der Waals surface area (Å²) in [5, 5.41) is 13.5. The van der Waals surface area contributed by atoms with Gasteiger partial charge in [-0.2, -0.15) is 0 Å². The van der Waals surface area contributed by atoms with E-state index >= 15 is 0 Å². The van der Waals surface area contributed by atoms with Gasteiger partial charge in [-0.3, -0.25) is 14.4 Å². The molecule has 3 aliphatic rings. The first-order valence-corrected chi connectivity index (χ1v) is 14.6. The summed E-state index contributed by atoms with van der Waals surface area (Å²) >= 11 is 5.36. The van der Waals surface area contributed by atoms with Crippen molar-refractivity contribution < 1.29 is 24.2 Å².